The Bertz CT molecular complexity index is 213. The van der Waals surface area contributed by atoms with Crippen LogP contribution in [0, 0.1) is 0 Å². The quantitative estimate of drug-likeness (QED) is 0.235. The number of hydrogen-bond acceptors (Lipinski definition) is 0. The molecule has 0 N–H and O–H groups in total. The molecular weight excluding hydrogens is 358 g/mol. The molecule has 0 heterocycles. The van der Waals surface area contributed by atoms with Gasteiger partial charge >= 0.3 is 0 Å². The van der Waals surface area contributed by atoms with E-state index < -0.39 is 0 Å². The van der Waals surface area contributed by atoms with Gasteiger partial charge < -0.3 is 21.5 Å². The van der Waals surface area contributed by atoms with E-state index in [9.17, 15) is 0 Å². The van der Waals surface area contributed by atoms with Crippen molar-refractivity contribution < 1.29 is 21.5 Å². The predicted octanol–water partition coefficient (Wildman–Crippen LogP) is 4.35. The molecule has 0 rings (SSSR count). The van der Waals surface area contributed by atoms with Crippen LogP contribution in [0.1, 0.15) is 118 Å². The van der Waals surface area contributed by atoms with Gasteiger partial charge in [0.2, 0.25) is 0 Å². The van der Waals surface area contributed by atoms with E-state index in [2.05, 4.69) is 27.7 Å². The summed E-state index contributed by atoms with van der Waals surface area (Å²) in [6, 6.07) is 0. The molecule has 148 valence electrons. The Labute approximate surface area is 165 Å². The van der Waals surface area contributed by atoms with Gasteiger partial charge in [-0.15, -0.1) is 0 Å². The first-order valence-electron chi connectivity index (χ1n) is 11.1. The number of quaternary nitrogens is 1. The summed E-state index contributed by atoms with van der Waals surface area (Å²) in [5.41, 5.74) is 0. The molecule has 0 atom stereocenters. The van der Waals surface area contributed by atoms with E-state index in [1.165, 1.54) is 121 Å². The van der Waals surface area contributed by atoms with Crippen LogP contribution in [-0.4, -0.2) is 30.7 Å². The molecule has 0 aliphatic heterocycles. The maximum absolute atomic E-state index is 2.36. The standard InChI is InChI=1S/C22H48N.BrH/c1-5-9-10-11-12-13-14-15-16-17-18-22-23(19-6-2,20-7-3)21-8-4;/h5-22H2,1-4H3;1H/q+1;/p-1. The van der Waals surface area contributed by atoms with Crippen molar-refractivity contribution in [3.63, 3.8) is 0 Å². The smallest absolute Gasteiger partial charge is 0.0786 e. The van der Waals surface area contributed by atoms with Crippen molar-refractivity contribution in [3.8, 4) is 0 Å². The molecule has 0 aliphatic carbocycles. The minimum atomic E-state index is 0. The highest BCUT2D eigenvalue weighted by atomic mass is 79.9. The van der Waals surface area contributed by atoms with Crippen molar-refractivity contribution in [1.29, 1.82) is 0 Å². The van der Waals surface area contributed by atoms with Crippen LogP contribution in [0.5, 0.6) is 0 Å². The molecule has 0 aromatic heterocycles. The predicted molar refractivity (Wildman–Crippen MR) is 107 cm³/mol. The van der Waals surface area contributed by atoms with E-state index in [-0.39, 0.29) is 17.0 Å². The average Bonchev–Trinajstić information content (AvgIpc) is 2.53. The zero-order chi connectivity index (χ0) is 17.2. The second-order valence-electron chi connectivity index (χ2n) is 7.77. The maximum atomic E-state index is 2.36. The molecule has 0 aromatic carbocycles. The van der Waals surface area contributed by atoms with Crippen LogP contribution < -0.4 is 17.0 Å². The van der Waals surface area contributed by atoms with Gasteiger partial charge in [0.15, 0.2) is 0 Å². The summed E-state index contributed by atoms with van der Waals surface area (Å²) < 4.78 is 1.40. The third kappa shape index (κ3) is 14.8. The van der Waals surface area contributed by atoms with Gasteiger partial charge in [-0.2, -0.15) is 0 Å². The molecular formula is C22H48BrN. The minimum Gasteiger partial charge on any atom is -1.00 e. The van der Waals surface area contributed by atoms with Crippen LogP contribution in [0.25, 0.3) is 0 Å². The van der Waals surface area contributed by atoms with Gasteiger partial charge in [0.05, 0.1) is 26.2 Å². The third-order valence-corrected chi connectivity index (χ3v) is 5.33. The first-order valence-corrected chi connectivity index (χ1v) is 11.1. The molecule has 0 unspecified atom stereocenters. The lowest BCUT2D eigenvalue weighted by atomic mass is 10.1. The van der Waals surface area contributed by atoms with Crippen LogP contribution >= 0.6 is 0 Å². The molecule has 0 amide bonds. The maximum Gasteiger partial charge on any atom is 0.0786 e. The molecule has 0 bridgehead atoms. The fourth-order valence-corrected chi connectivity index (χ4v) is 4.21. The van der Waals surface area contributed by atoms with Crippen LogP contribution in [0.2, 0.25) is 0 Å². The van der Waals surface area contributed by atoms with Crippen LogP contribution in [0.15, 0.2) is 0 Å². The van der Waals surface area contributed by atoms with E-state index in [1.54, 1.807) is 0 Å². The van der Waals surface area contributed by atoms with Gasteiger partial charge in [0.25, 0.3) is 0 Å². The van der Waals surface area contributed by atoms with Gasteiger partial charge in [-0.3, -0.25) is 0 Å². The van der Waals surface area contributed by atoms with Crippen molar-refractivity contribution in [2.45, 2.75) is 118 Å². The highest BCUT2D eigenvalue weighted by Crippen LogP contribution is 2.16. The first-order chi connectivity index (χ1) is 11.2. The van der Waals surface area contributed by atoms with Crippen molar-refractivity contribution >= 4 is 0 Å². The Kier molecular flexibility index (Phi) is 22.0. The van der Waals surface area contributed by atoms with E-state index in [4.69, 9.17) is 0 Å². The molecule has 0 saturated heterocycles. The van der Waals surface area contributed by atoms with E-state index in [1.807, 2.05) is 0 Å². The fourth-order valence-electron chi connectivity index (χ4n) is 4.21. The average molecular weight is 407 g/mol. The lowest BCUT2D eigenvalue weighted by molar-refractivity contribution is -0.928. The number of halogens is 1. The van der Waals surface area contributed by atoms with Gasteiger partial charge in [-0.25, -0.2) is 0 Å². The van der Waals surface area contributed by atoms with Crippen molar-refractivity contribution in [3.05, 3.63) is 0 Å². The molecule has 0 saturated carbocycles. The zero-order valence-electron chi connectivity index (χ0n) is 17.6. The number of rotatable bonds is 18. The molecule has 2 heteroatoms. The Balaban J connectivity index is 0. The van der Waals surface area contributed by atoms with Gasteiger partial charge in [-0.1, -0.05) is 85.5 Å². The second kappa shape index (κ2) is 19.8. The molecule has 1 nitrogen and oxygen atoms in total. The zero-order valence-corrected chi connectivity index (χ0v) is 19.1. The topological polar surface area (TPSA) is 0 Å². The fraction of sp³-hybridized carbons (Fsp3) is 1.00. The molecule has 24 heavy (non-hydrogen) atoms. The Morgan fingerprint density at radius 3 is 1.04 bits per heavy atom. The molecule has 0 fully saturated rings. The summed E-state index contributed by atoms with van der Waals surface area (Å²) in [6.07, 6.45) is 20.1. The van der Waals surface area contributed by atoms with Crippen molar-refractivity contribution in [1.82, 2.24) is 0 Å². The largest absolute Gasteiger partial charge is 1.00 e. The summed E-state index contributed by atoms with van der Waals surface area (Å²) in [5, 5.41) is 0. The summed E-state index contributed by atoms with van der Waals surface area (Å²) >= 11 is 0. The highest BCUT2D eigenvalue weighted by Gasteiger charge is 2.23. The molecule has 0 aliphatic rings. The summed E-state index contributed by atoms with van der Waals surface area (Å²) in [6.45, 7) is 15.0. The Hall–Kier alpha value is 0.440. The van der Waals surface area contributed by atoms with Crippen molar-refractivity contribution in [2.24, 2.45) is 0 Å². The number of nitrogens with zero attached hydrogens (tertiary/aromatic N) is 1. The lowest BCUT2D eigenvalue weighted by Gasteiger charge is -2.38. The normalized spacial score (nSPS) is 11.5. The number of unbranched alkanes of at least 4 members (excludes halogenated alkanes) is 10. The van der Waals surface area contributed by atoms with E-state index in [0.29, 0.717) is 0 Å². The Morgan fingerprint density at radius 1 is 0.375 bits per heavy atom. The molecule has 0 spiro atoms. The SMILES string of the molecule is CCCCCCCCCCCCC[N+](CCC)(CCC)CCC.[Br-]. The van der Waals surface area contributed by atoms with E-state index >= 15 is 0 Å². The van der Waals surface area contributed by atoms with Crippen LogP contribution in [0.3, 0.4) is 0 Å². The number of hydrogen-bond donors (Lipinski definition) is 0. The molecule has 0 radical (unpaired) electrons. The van der Waals surface area contributed by atoms with Crippen molar-refractivity contribution in [2.75, 3.05) is 26.2 Å². The summed E-state index contributed by atoms with van der Waals surface area (Å²) in [4.78, 5) is 0. The van der Waals surface area contributed by atoms with Gasteiger partial charge in [-0.05, 0) is 32.1 Å². The Morgan fingerprint density at radius 2 is 0.708 bits per heavy atom. The van der Waals surface area contributed by atoms with Gasteiger partial charge in [0.1, 0.15) is 0 Å². The summed E-state index contributed by atoms with van der Waals surface area (Å²) in [5.74, 6) is 0. The second-order valence-corrected chi connectivity index (χ2v) is 7.77. The lowest BCUT2D eigenvalue weighted by Crippen LogP contribution is -3.00. The summed E-state index contributed by atoms with van der Waals surface area (Å²) in [7, 11) is 0. The van der Waals surface area contributed by atoms with Crippen LogP contribution in [-0.2, 0) is 0 Å². The van der Waals surface area contributed by atoms with E-state index in [0.717, 1.165) is 0 Å². The molecule has 0 aromatic rings. The highest BCUT2D eigenvalue weighted by molar-refractivity contribution is 4.50. The van der Waals surface area contributed by atoms with Gasteiger partial charge in [0, 0.05) is 0 Å². The monoisotopic (exact) mass is 405 g/mol. The minimum absolute atomic E-state index is 0. The third-order valence-electron chi connectivity index (χ3n) is 5.33. The van der Waals surface area contributed by atoms with Crippen LogP contribution in [0.4, 0.5) is 0 Å². The first kappa shape index (κ1) is 26.7.